The fraction of sp³-hybridized carbons (Fsp3) is 0.722. The van der Waals surface area contributed by atoms with Crippen molar-refractivity contribution in [3.05, 3.63) is 23.7 Å². The molecule has 2 bridgehead atoms. The van der Waals surface area contributed by atoms with Gasteiger partial charge in [-0.1, -0.05) is 6.42 Å². The topological polar surface area (TPSA) is 48.7 Å². The highest BCUT2D eigenvalue weighted by Gasteiger charge is 2.35. The fourth-order valence-corrected chi connectivity index (χ4v) is 4.29. The lowest BCUT2D eigenvalue weighted by Gasteiger charge is -2.44. The van der Waals surface area contributed by atoms with Crippen LogP contribution < -0.4 is 5.32 Å². The van der Waals surface area contributed by atoms with Crippen molar-refractivity contribution in [1.29, 1.82) is 0 Å². The molecule has 5 rings (SSSR count). The zero-order chi connectivity index (χ0) is 15.6. The Balaban J connectivity index is 1.33. The van der Waals surface area contributed by atoms with Gasteiger partial charge in [-0.2, -0.15) is 0 Å². The predicted molar refractivity (Wildman–Crippen MR) is 88.3 cm³/mol. The highest BCUT2D eigenvalue weighted by atomic mass is 16.4. The third-order valence-corrected chi connectivity index (χ3v) is 5.69. The lowest BCUT2D eigenvalue weighted by Crippen LogP contribution is -2.57. The minimum absolute atomic E-state index is 0.0476. The van der Waals surface area contributed by atoms with Crippen molar-refractivity contribution in [3.63, 3.8) is 0 Å². The molecule has 5 heteroatoms. The number of fused-ring (bicyclic) bond motifs is 3. The number of amides is 1. The van der Waals surface area contributed by atoms with Crippen LogP contribution in [0.1, 0.15) is 48.4 Å². The fourth-order valence-electron chi connectivity index (χ4n) is 4.29. The van der Waals surface area contributed by atoms with Crippen molar-refractivity contribution >= 4 is 5.91 Å². The van der Waals surface area contributed by atoms with Crippen molar-refractivity contribution in [2.24, 2.45) is 5.92 Å². The maximum atomic E-state index is 12.5. The second-order valence-electron chi connectivity index (χ2n) is 7.32. The van der Waals surface area contributed by atoms with Gasteiger partial charge in [0.25, 0.3) is 5.91 Å². The minimum atomic E-state index is -0.0476. The zero-order valence-corrected chi connectivity index (χ0v) is 13.8. The van der Waals surface area contributed by atoms with E-state index in [0.717, 1.165) is 31.9 Å². The van der Waals surface area contributed by atoms with E-state index >= 15 is 0 Å². The zero-order valence-electron chi connectivity index (χ0n) is 13.8. The van der Waals surface area contributed by atoms with E-state index in [0.29, 0.717) is 17.7 Å². The molecule has 0 aromatic carbocycles. The number of carbonyl (C=O) groups excluding carboxylic acids is 1. The van der Waals surface area contributed by atoms with Gasteiger partial charge >= 0.3 is 0 Å². The van der Waals surface area contributed by atoms with Crippen molar-refractivity contribution < 1.29 is 9.21 Å². The quantitative estimate of drug-likeness (QED) is 0.924. The summed E-state index contributed by atoms with van der Waals surface area (Å²) in [5.74, 6) is 1.97. The Kier molecular flexibility index (Phi) is 4.40. The molecule has 4 saturated heterocycles. The van der Waals surface area contributed by atoms with Gasteiger partial charge in [0, 0.05) is 12.6 Å². The molecule has 0 radical (unpaired) electrons. The Labute approximate surface area is 138 Å². The third kappa shape index (κ3) is 3.45. The number of likely N-dealkylation sites (tertiary alicyclic amines) is 1. The number of nitrogens with one attached hydrogen (secondary N) is 1. The van der Waals surface area contributed by atoms with E-state index in [-0.39, 0.29) is 5.91 Å². The minimum Gasteiger partial charge on any atom is -0.455 e. The van der Waals surface area contributed by atoms with E-state index in [1.807, 2.05) is 12.1 Å². The number of piperidine rings is 4. The van der Waals surface area contributed by atoms with Crippen LogP contribution in [0.3, 0.4) is 0 Å². The summed E-state index contributed by atoms with van der Waals surface area (Å²) in [6.07, 6.45) is 6.30. The first-order chi connectivity index (χ1) is 11.3. The Bertz CT molecular complexity index is 542. The van der Waals surface area contributed by atoms with E-state index in [9.17, 15) is 4.79 Å². The molecule has 5 heterocycles. The van der Waals surface area contributed by atoms with Gasteiger partial charge in [0.15, 0.2) is 5.76 Å². The molecule has 1 unspecified atom stereocenters. The molecule has 4 aliphatic heterocycles. The average Bonchev–Trinajstić information content (AvgIpc) is 3.05. The van der Waals surface area contributed by atoms with Crippen LogP contribution in [-0.4, -0.2) is 54.5 Å². The predicted octanol–water partition coefficient (Wildman–Crippen LogP) is 2.09. The van der Waals surface area contributed by atoms with Crippen LogP contribution in [0, 0.1) is 5.92 Å². The van der Waals surface area contributed by atoms with Crippen LogP contribution in [0.4, 0.5) is 0 Å². The first-order valence-corrected chi connectivity index (χ1v) is 9.12. The van der Waals surface area contributed by atoms with E-state index < -0.39 is 0 Å². The monoisotopic (exact) mass is 317 g/mol. The average molecular weight is 317 g/mol. The van der Waals surface area contributed by atoms with Crippen molar-refractivity contribution in [2.75, 3.05) is 32.7 Å². The summed E-state index contributed by atoms with van der Waals surface area (Å²) in [6, 6.07) is 4.08. The van der Waals surface area contributed by atoms with Crippen LogP contribution in [-0.2, 0) is 6.54 Å². The highest BCUT2D eigenvalue weighted by Crippen LogP contribution is 2.27. The van der Waals surface area contributed by atoms with E-state index in [1.165, 1.54) is 45.2 Å². The van der Waals surface area contributed by atoms with Gasteiger partial charge in [0.2, 0.25) is 0 Å². The van der Waals surface area contributed by atoms with Crippen LogP contribution in [0.25, 0.3) is 0 Å². The number of hydrogen-bond donors (Lipinski definition) is 1. The molecule has 0 spiro atoms. The molecule has 23 heavy (non-hydrogen) atoms. The van der Waals surface area contributed by atoms with Crippen molar-refractivity contribution in [3.8, 4) is 0 Å². The van der Waals surface area contributed by atoms with Crippen LogP contribution in [0.15, 0.2) is 16.5 Å². The molecule has 1 amide bonds. The molecule has 0 saturated carbocycles. The largest absolute Gasteiger partial charge is 0.455 e. The van der Waals surface area contributed by atoms with Crippen LogP contribution >= 0.6 is 0 Å². The standard InChI is InChI=1S/C18H27N3O2/c22-18(19-16-13-21-10-6-14(16)7-11-21)17-5-4-15(23-17)12-20-8-2-1-3-9-20/h4-5,14,16H,1-3,6-13H2,(H,19,22). The Hall–Kier alpha value is -1.33. The summed E-state index contributed by atoms with van der Waals surface area (Å²) < 4.78 is 5.80. The molecule has 5 nitrogen and oxygen atoms in total. The Morgan fingerprint density at radius 3 is 2.61 bits per heavy atom. The molecule has 1 N–H and O–H groups in total. The summed E-state index contributed by atoms with van der Waals surface area (Å²) in [5.41, 5.74) is 0. The second kappa shape index (κ2) is 6.65. The lowest BCUT2D eigenvalue weighted by atomic mass is 9.84. The maximum Gasteiger partial charge on any atom is 0.287 e. The van der Waals surface area contributed by atoms with Crippen LogP contribution in [0.5, 0.6) is 0 Å². The summed E-state index contributed by atoms with van der Waals surface area (Å²) in [7, 11) is 0. The molecule has 4 fully saturated rings. The lowest BCUT2D eigenvalue weighted by molar-refractivity contribution is 0.0604. The second-order valence-corrected chi connectivity index (χ2v) is 7.32. The number of hydrogen-bond acceptors (Lipinski definition) is 4. The molecule has 1 atom stereocenters. The first kappa shape index (κ1) is 15.2. The summed E-state index contributed by atoms with van der Waals surface area (Å²) >= 11 is 0. The van der Waals surface area contributed by atoms with Gasteiger partial charge in [0.1, 0.15) is 5.76 Å². The molecule has 1 aromatic rings. The number of rotatable bonds is 4. The summed E-state index contributed by atoms with van der Waals surface area (Å²) in [4.78, 5) is 17.3. The van der Waals surface area contributed by atoms with E-state index in [1.54, 1.807) is 0 Å². The molecule has 126 valence electrons. The SMILES string of the molecule is O=C(NC1CN2CCC1CC2)c1ccc(CN2CCCCC2)o1. The normalized spacial score (nSPS) is 31.2. The van der Waals surface area contributed by atoms with Gasteiger partial charge in [-0.15, -0.1) is 0 Å². The van der Waals surface area contributed by atoms with E-state index in [2.05, 4.69) is 15.1 Å². The first-order valence-electron chi connectivity index (χ1n) is 9.12. The van der Waals surface area contributed by atoms with Crippen molar-refractivity contribution in [1.82, 2.24) is 15.1 Å². The smallest absolute Gasteiger partial charge is 0.287 e. The molecular weight excluding hydrogens is 290 g/mol. The summed E-state index contributed by atoms with van der Waals surface area (Å²) in [6.45, 7) is 6.49. The molecule has 4 aliphatic rings. The highest BCUT2D eigenvalue weighted by molar-refractivity contribution is 5.91. The van der Waals surface area contributed by atoms with E-state index in [4.69, 9.17) is 4.42 Å². The number of furan rings is 1. The molecule has 1 aromatic heterocycles. The van der Waals surface area contributed by atoms with Gasteiger partial charge in [-0.3, -0.25) is 9.69 Å². The Morgan fingerprint density at radius 1 is 1.13 bits per heavy atom. The number of carbonyl (C=O) groups is 1. The maximum absolute atomic E-state index is 12.5. The molecular formula is C18H27N3O2. The number of nitrogens with zero attached hydrogens (tertiary/aromatic N) is 2. The van der Waals surface area contributed by atoms with Gasteiger partial charge in [-0.05, 0) is 69.9 Å². The van der Waals surface area contributed by atoms with Gasteiger partial charge in [-0.25, -0.2) is 0 Å². The Morgan fingerprint density at radius 2 is 1.91 bits per heavy atom. The molecule has 0 aliphatic carbocycles. The van der Waals surface area contributed by atoms with Crippen molar-refractivity contribution in [2.45, 2.75) is 44.7 Å². The van der Waals surface area contributed by atoms with Gasteiger partial charge in [0.05, 0.1) is 6.54 Å². The van der Waals surface area contributed by atoms with Crippen LogP contribution in [0.2, 0.25) is 0 Å². The third-order valence-electron chi connectivity index (χ3n) is 5.69. The van der Waals surface area contributed by atoms with Gasteiger partial charge < -0.3 is 14.6 Å². The summed E-state index contributed by atoms with van der Waals surface area (Å²) in [5, 5.41) is 3.20.